The number of aliphatic hydroxyl groups excluding tert-OH is 1. The molecule has 0 aliphatic rings. The molecule has 0 heterocycles. The largest absolute Gasteiger partial charge is 0.392 e. The van der Waals surface area contributed by atoms with Gasteiger partial charge in [-0.15, -0.1) is 0 Å². The van der Waals surface area contributed by atoms with Crippen LogP contribution in [0.3, 0.4) is 0 Å². The van der Waals surface area contributed by atoms with Gasteiger partial charge in [-0.1, -0.05) is 38.8 Å². The number of nitro groups is 1. The highest BCUT2D eigenvalue weighted by atomic mass is 16.6. The third-order valence-corrected chi connectivity index (χ3v) is 3.42. The summed E-state index contributed by atoms with van der Waals surface area (Å²) in [4.78, 5) is 10.1. The molecule has 106 valence electrons. The third-order valence-electron chi connectivity index (χ3n) is 3.42. The number of nitrogens with zero attached hydrogens (tertiary/aromatic N) is 1. The summed E-state index contributed by atoms with van der Waals surface area (Å²) in [5.74, 6) is 0.323. The van der Waals surface area contributed by atoms with Crippen molar-refractivity contribution in [1.82, 2.24) is 5.32 Å². The zero-order chi connectivity index (χ0) is 14.3. The lowest BCUT2D eigenvalue weighted by atomic mass is 9.96. The smallest absolute Gasteiger partial charge is 0.269 e. The van der Waals surface area contributed by atoms with Gasteiger partial charge in [0.15, 0.2) is 0 Å². The molecule has 5 heteroatoms. The molecule has 0 aliphatic carbocycles. The zero-order valence-electron chi connectivity index (χ0n) is 11.5. The summed E-state index contributed by atoms with van der Waals surface area (Å²) in [6.45, 7) is 5.31. The van der Waals surface area contributed by atoms with E-state index in [1.807, 2.05) is 0 Å². The van der Waals surface area contributed by atoms with Crippen LogP contribution in [-0.2, 0) is 6.54 Å². The minimum Gasteiger partial charge on any atom is -0.392 e. The van der Waals surface area contributed by atoms with Crippen molar-refractivity contribution in [3.63, 3.8) is 0 Å². The molecule has 1 rings (SSSR count). The first-order valence-electron chi connectivity index (χ1n) is 6.70. The molecule has 0 amide bonds. The summed E-state index contributed by atoms with van der Waals surface area (Å²) >= 11 is 0. The van der Waals surface area contributed by atoms with Gasteiger partial charge in [0.2, 0.25) is 0 Å². The molecule has 0 radical (unpaired) electrons. The first kappa shape index (κ1) is 15.6. The van der Waals surface area contributed by atoms with Crippen LogP contribution >= 0.6 is 0 Å². The Hall–Kier alpha value is -1.46. The molecule has 1 aromatic carbocycles. The van der Waals surface area contributed by atoms with Crippen LogP contribution in [0.25, 0.3) is 0 Å². The SMILES string of the molecule is CCC(CC)C(O)CNCc1ccc([N+](=O)[O-])cc1. The van der Waals surface area contributed by atoms with Crippen molar-refractivity contribution in [3.05, 3.63) is 39.9 Å². The van der Waals surface area contributed by atoms with Gasteiger partial charge < -0.3 is 10.4 Å². The standard InChI is InChI=1S/C14H22N2O3/c1-3-12(4-2)14(17)10-15-9-11-5-7-13(8-6-11)16(18)19/h5-8,12,14-15,17H,3-4,9-10H2,1-2H3. The third kappa shape index (κ3) is 4.96. The van der Waals surface area contributed by atoms with Crippen molar-refractivity contribution < 1.29 is 10.0 Å². The Kier molecular flexibility index (Phi) is 6.45. The van der Waals surface area contributed by atoms with Crippen LogP contribution in [0.5, 0.6) is 0 Å². The Morgan fingerprint density at radius 2 is 1.84 bits per heavy atom. The number of non-ortho nitro benzene ring substituents is 1. The molecule has 1 aromatic rings. The quantitative estimate of drug-likeness (QED) is 0.560. The van der Waals surface area contributed by atoms with Gasteiger partial charge in [-0.25, -0.2) is 0 Å². The number of nitro benzene ring substituents is 1. The highest BCUT2D eigenvalue weighted by Crippen LogP contribution is 2.13. The number of rotatable bonds is 8. The van der Waals surface area contributed by atoms with Gasteiger partial charge in [0.05, 0.1) is 11.0 Å². The average molecular weight is 266 g/mol. The van der Waals surface area contributed by atoms with E-state index >= 15 is 0 Å². The van der Waals surface area contributed by atoms with Crippen LogP contribution in [0.2, 0.25) is 0 Å². The van der Waals surface area contributed by atoms with Crippen molar-refractivity contribution in [2.24, 2.45) is 5.92 Å². The van der Waals surface area contributed by atoms with Gasteiger partial charge >= 0.3 is 0 Å². The number of nitrogens with one attached hydrogen (secondary N) is 1. The minimum atomic E-state index is -0.409. The van der Waals surface area contributed by atoms with E-state index in [1.54, 1.807) is 12.1 Å². The van der Waals surface area contributed by atoms with E-state index < -0.39 is 4.92 Å². The summed E-state index contributed by atoms with van der Waals surface area (Å²) in [6.07, 6.45) is 1.60. The Balaban J connectivity index is 2.38. The Bertz CT molecular complexity index is 388. The maximum absolute atomic E-state index is 10.5. The second-order valence-electron chi connectivity index (χ2n) is 4.70. The van der Waals surface area contributed by atoms with Gasteiger partial charge in [0.1, 0.15) is 0 Å². The summed E-state index contributed by atoms with van der Waals surface area (Å²) < 4.78 is 0. The molecule has 5 nitrogen and oxygen atoms in total. The minimum absolute atomic E-state index is 0.0980. The second kappa shape index (κ2) is 7.86. The normalized spacial score (nSPS) is 12.6. The fraction of sp³-hybridized carbons (Fsp3) is 0.571. The van der Waals surface area contributed by atoms with Crippen LogP contribution in [-0.4, -0.2) is 22.7 Å². The molecule has 0 aromatic heterocycles. The van der Waals surface area contributed by atoms with E-state index in [9.17, 15) is 15.2 Å². The maximum atomic E-state index is 10.5. The topological polar surface area (TPSA) is 75.4 Å². The first-order chi connectivity index (χ1) is 9.08. The van der Waals surface area contributed by atoms with Crippen molar-refractivity contribution in [2.45, 2.75) is 39.3 Å². The maximum Gasteiger partial charge on any atom is 0.269 e. The molecule has 0 saturated carbocycles. The van der Waals surface area contributed by atoms with Crippen molar-refractivity contribution in [3.8, 4) is 0 Å². The van der Waals surface area contributed by atoms with Gasteiger partial charge in [-0.05, 0) is 11.5 Å². The fourth-order valence-corrected chi connectivity index (χ4v) is 2.10. The number of hydrogen-bond acceptors (Lipinski definition) is 4. The molecule has 2 N–H and O–H groups in total. The summed E-state index contributed by atoms with van der Waals surface area (Å²) in [7, 11) is 0. The fourth-order valence-electron chi connectivity index (χ4n) is 2.10. The lowest BCUT2D eigenvalue weighted by Crippen LogP contribution is -2.32. The summed E-state index contributed by atoms with van der Waals surface area (Å²) in [5.41, 5.74) is 1.07. The molecule has 1 unspecified atom stereocenters. The molecule has 0 bridgehead atoms. The molecule has 0 fully saturated rings. The Morgan fingerprint density at radius 1 is 1.26 bits per heavy atom. The van der Waals surface area contributed by atoms with Gasteiger partial charge in [-0.3, -0.25) is 10.1 Å². The van der Waals surface area contributed by atoms with Crippen molar-refractivity contribution in [2.75, 3.05) is 6.54 Å². The summed E-state index contributed by atoms with van der Waals surface area (Å²) in [6, 6.07) is 6.45. The van der Waals surface area contributed by atoms with E-state index in [0.717, 1.165) is 18.4 Å². The molecular formula is C14H22N2O3. The molecular weight excluding hydrogens is 244 g/mol. The van der Waals surface area contributed by atoms with E-state index in [0.29, 0.717) is 19.0 Å². The van der Waals surface area contributed by atoms with E-state index in [2.05, 4.69) is 19.2 Å². The van der Waals surface area contributed by atoms with Crippen LogP contribution in [0, 0.1) is 16.0 Å². The number of hydrogen-bond donors (Lipinski definition) is 2. The molecule has 19 heavy (non-hydrogen) atoms. The monoisotopic (exact) mass is 266 g/mol. The lowest BCUT2D eigenvalue weighted by Gasteiger charge is -2.20. The van der Waals surface area contributed by atoms with E-state index in [4.69, 9.17) is 0 Å². The lowest BCUT2D eigenvalue weighted by molar-refractivity contribution is -0.384. The predicted molar refractivity (Wildman–Crippen MR) is 74.9 cm³/mol. The van der Waals surface area contributed by atoms with Crippen LogP contribution < -0.4 is 5.32 Å². The molecule has 0 saturated heterocycles. The second-order valence-corrected chi connectivity index (χ2v) is 4.70. The number of benzene rings is 1. The van der Waals surface area contributed by atoms with Gasteiger partial charge in [0, 0.05) is 25.2 Å². The molecule has 1 atom stereocenters. The molecule has 0 spiro atoms. The molecule has 0 aliphatic heterocycles. The predicted octanol–water partition coefficient (Wildman–Crippen LogP) is 2.48. The Labute approximate surface area is 113 Å². The highest BCUT2D eigenvalue weighted by Gasteiger charge is 2.14. The Morgan fingerprint density at radius 3 is 2.32 bits per heavy atom. The van der Waals surface area contributed by atoms with E-state index in [-0.39, 0.29) is 11.8 Å². The first-order valence-corrected chi connectivity index (χ1v) is 6.70. The summed E-state index contributed by atoms with van der Waals surface area (Å²) in [5, 5.41) is 23.6. The average Bonchev–Trinajstić information content (AvgIpc) is 2.40. The zero-order valence-corrected chi connectivity index (χ0v) is 11.5. The van der Waals surface area contributed by atoms with Gasteiger partial charge in [0.25, 0.3) is 5.69 Å². The van der Waals surface area contributed by atoms with Crippen molar-refractivity contribution in [1.29, 1.82) is 0 Å². The van der Waals surface area contributed by atoms with Crippen LogP contribution in [0.1, 0.15) is 32.3 Å². The van der Waals surface area contributed by atoms with Crippen molar-refractivity contribution >= 4 is 5.69 Å². The van der Waals surface area contributed by atoms with E-state index in [1.165, 1.54) is 12.1 Å². The number of aliphatic hydroxyl groups is 1. The van der Waals surface area contributed by atoms with Gasteiger partial charge in [-0.2, -0.15) is 0 Å². The van der Waals surface area contributed by atoms with Crippen LogP contribution in [0.4, 0.5) is 5.69 Å². The van der Waals surface area contributed by atoms with Crippen LogP contribution in [0.15, 0.2) is 24.3 Å². The highest BCUT2D eigenvalue weighted by molar-refractivity contribution is 5.32.